The van der Waals surface area contributed by atoms with Crippen LogP contribution in [0.3, 0.4) is 0 Å². The zero-order valence-corrected chi connectivity index (χ0v) is 24.3. The van der Waals surface area contributed by atoms with Gasteiger partial charge in [-0.25, -0.2) is 13.8 Å². The molecule has 3 N–H and O–H groups in total. The number of rotatable bonds is 6. The highest BCUT2D eigenvalue weighted by atomic mass is 32.1. The molecule has 0 unspecified atom stereocenters. The first-order chi connectivity index (χ1) is 20.7. The van der Waals surface area contributed by atoms with Crippen molar-refractivity contribution in [1.82, 2.24) is 30.0 Å². The van der Waals surface area contributed by atoms with Crippen molar-refractivity contribution in [2.24, 2.45) is 0 Å². The Hall–Kier alpha value is -4.52. The maximum atomic E-state index is 17.0. The van der Waals surface area contributed by atoms with Gasteiger partial charge in [-0.05, 0) is 31.6 Å². The Labute approximate surface area is 248 Å². The number of likely N-dealkylation sites (N-methyl/N-ethyl adjacent to an activating group) is 1. The quantitative estimate of drug-likeness (QED) is 0.286. The van der Waals surface area contributed by atoms with Gasteiger partial charge in [0.1, 0.15) is 22.4 Å². The normalized spacial score (nSPS) is 16.5. The van der Waals surface area contributed by atoms with E-state index in [1.807, 2.05) is 25.1 Å². The summed E-state index contributed by atoms with van der Waals surface area (Å²) >= 11 is 0.933. The Kier molecular flexibility index (Phi) is 6.56. The van der Waals surface area contributed by atoms with Gasteiger partial charge in [-0.2, -0.15) is 15.2 Å². The highest BCUT2D eigenvalue weighted by Gasteiger charge is 2.33. The van der Waals surface area contributed by atoms with E-state index in [0.717, 1.165) is 24.0 Å². The number of nitrogens with zero attached hydrogens (tertiary/aromatic N) is 8. The molecule has 0 saturated carbocycles. The highest BCUT2D eigenvalue weighted by molar-refractivity contribution is 7.23. The number of nitrogen functional groups attached to an aromatic ring is 1. The number of benzene rings is 1. The van der Waals surface area contributed by atoms with Gasteiger partial charge in [-0.1, -0.05) is 5.16 Å². The summed E-state index contributed by atoms with van der Waals surface area (Å²) in [6.07, 6.45) is 1.93. The van der Waals surface area contributed by atoms with Gasteiger partial charge in [-0.3, -0.25) is 4.98 Å². The minimum atomic E-state index is -0.668. The molecule has 1 fully saturated rings. The number of thiophene rings is 1. The number of hydrogen-bond acceptors (Lipinski definition) is 13. The molecule has 2 aliphatic heterocycles. The van der Waals surface area contributed by atoms with Crippen molar-refractivity contribution in [2.75, 3.05) is 43.1 Å². The van der Waals surface area contributed by atoms with E-state index in [2.05, 4.69) is 25.3 Å². The number of nitrogens with one attached hydrogen (secondary N) is 1. The van der Waals surface area contributed by atoms with Crippen LogP contribution >= 0.6 is 11.3 Å². The lowest BCUT2D eigenvalue weighted by atomic mass is 9.93. The molecule has 0 aliphatic carbocycles. The lowest BCUT2D eigenvalue weighted by molar-refractivity contribution is 0.135. The van der Waals surface area contributed by atoms with Crippen molar-refractivity contribution in [2.45, 2.75) is 39.1 Å². The van der Waals surface area contributed by atoms with Crippen LogP contribution in [0.15, 0.2) is 10.7 Å². The summed E-state index contributed by atoms with van der Waals surface area (Å²) in [6, 6.07) is 2.33. The van der Waals surface area contributed by atoms with E-state index in [-0.39, 0.29) is 63.2 Å². The fourth-order valence-electron chi connectivity index (χ4n) is 5.84. The molecule has 0 amide bonds. The van der Waals surface area contributed by atoms with Crippen LogP contribution in [-0.2, 0) is 24.5 Å². The maximum Gasteiger partial charge on any atom is 0.228 e. The summed E-state index contributed by atoms with van der Waals surface area (Å²) in [5, 5.41) is 17.9. The minimum Gasteiger partial charge on any atom is -0.389 e. The van der Waals surface area contributed by atoms with Crippen molar-refractivity contribution in [3.63, 3.8) is 0 Å². The fraction of sp³-hybridized carbons (Fsp3) is 0.357. The van der Waals surface area contributed by atoms with Crippen LogP contribution in [0, 0.1) is 29.9 Å². The van der Waals surface area contributed by atoms with Gasteiger partial charge in [-0.15, -0.1) is 11.3 Å². The first-order valence-corrected chi connectivity index (χ1v) is 14.4. The summed E-state index contributed by atoms with van der Waals surface area (Å²) in [5.41, 5.74) is 7.63. The molecule has 6 heterocycles. The van der Waals surface area contributed by atoms with E-state index in [0.29, 0.717) is 53.1 Å². The average molecular weight is 605 g/mol. The van der Waals surface area contributed by atoms with E-state index in [1.165, 1.54) is 0 Å². The number of halogens is 2. The number of aromatic nitrogens is 5. The number of nitriles is 1. The van der Waals surface area contributed by atoms with Gasteiger partial charge < -0.3 is 30.1 Å². The molecule has 5 aromatic rings. The summed E-state index contributed by atoms with van der Waals surface area (Å²) < 4.78 is 42.9. The lowest BCUT2D eigenvalue weighted by Crippen LogP contribution is -2.32. The predicted molar refractivity (Wildman–Crippen MR) is 156 cm³/mol. The monoisotopic (exact) mass is 604 g/mol. The van der Waals surface area contributed by atoms with Crippen LogP contribution in [0.4, 0.5) is 25.5 Å². The Morgan fingerprint density at radius 3 is 2.74 bits per heavy atom. The Morgan fingerprint density at radius 2 is 2.02 bits per heavy atom. The number of anilines is 3. The molecule has 4 aromatic heterocycles. The number of ether oxygens (including phenoxy) is 1. The Balaban J connectivity index is 1.48. The lowest BCUT2D eigenvalue weighted by Gasteiger charge is -2.22. The molecule has 0 bridgehead atoms. The number of fused-ring (bicyclic) bond motifs is 4. The van der Waals surface area contributed by atoms with E-state index in [1.54, 1.807) is 6.92 Å². The highest BCUT2D eigenvalue weighted by Crippen LogP contribution is 2.46. The SMILES string of the molecule is Cc1nc(CNc2nc(N3CC[C@H](N(C)C)C3)nc3c(F)c(-c4ncc(F)c5sc(N)c(C#N)c45)c4c(c23)COC4)no1. The Morgan fingerprint density at radius 1 is 1.21 bits per heavy atom. The summed E-state index contributed by atoms with van der Waals surface area (Å²) in [5.74, 6) is 0.300. The van der Waals surface area contributed by atoms with Crippen LogP contribution in [0.2, 0.25) is 0 Å². The molecule has 220 valence electrons. The van der Waals surface area contributed by atoms with Crippen molar-refractivity contribution in [3.05, 3.63) is 46.2 Å². The van der Waals surface area contributed by atoms with Gasteiger partial charge in [0.2, 0.25) is 11.8 Å². The van der Waals surface area contributed by atoms with Gasteiger partial charge in [0.05, 0.1) is 47.3 Å². The van der Waals surface area contributed by atoms with E-state index >= 15 is 4.39 Å². The van der Waals surface area contributed by atoms with Crippen LogP contribution in [0.5, 0.6) is 0 Å². The number of aryl methyl sites for hydroxylation is 1. The minimum absolute atomic E-state index is 0.0575. The zero-order chi connectivity index (χ0) is 30.0. The molecule has 43 heavy (non-hydrogen) atoms. The smallest absolute Gasteiger partial charge is 0.228 e. The topological polar surface area (TPSA) is 155 Å². The van der Waals surface area contributed by atoms with Crippen molar-refractivity contribution < 1.29 is 18.0 Å². The molecule has 1 aromatic carbocycles. The van der Waals surface area contributed by atoms with Crippen LogP contribution in [-0.4, -0.2) is 63.2 Å². The first kappa shape index (κ1) is 27.3. The van der Waals surface area contributed by atoms with Gasteiger partial charge >= 0.3 is 0 Å². The van der Waals surface area contributed by atoms with Gasteiger partial charge in [0, 0.05) is 37.0 Å². The van der Waals surface area contributed by atoms with E-state index in [4.69, 9.17) is 25.0 Å². The molecule has 7 rings (SSSR count). The summed E-state index contributed by atoms with van der Waals surface area (Å²) in [6.45, 7) is 3.50. The molecule has 12 nitrogen and oxygen atoms in total. The predicted octanol–water partition coefficient (Wildman–Crippen LogP) is 4.11. The second kappa shape index (κ2) is 10.3. The average Bonchev–Trinajstić information content (AvgIpc) is 3.79. The first-order valence-electron chi connectivity index (χ1n) is 13.6. The summed E-state index contributed by atoms with van der Waals surface area (Å²) in [4.78, 5) is 22.4. The largest absolute Gasteiger partial charge is 0.389 e. The second-order valence-corrected chi connectivity index (χ2v) is 11.8. The molecular weight excluding hydrogens is 578 g/mol. The third-order valence-corrected chi connectivity index (χ3v) is 9.02. The van der Waals surface area contributed by atoms with Crippen molar-refractivity contribution in [3.8, 4) is 17.3 Å². The van der Waals surface area contributed by atoms with Crippen molar-refractivity contribution in [1.29, 1.82) is 5.26 Å². The molecule has 1 saturated heterocycles. The molecule has 0 radical (unpaired) electrons. The van der Waals surface area contributed by atoms with Gasteiger partial charge in [0.25, 0.3) is 0 Å². The van der Waals surface area contributed by atoms with Gasteiger partial charge in [0.15, 0.2) is 17.5 Å². The molecule has 15 heteroatoms. The summed E-state index contributed by atoms with van der Waals surface area (Å²) in [7, 11) is 4.04. The molecule has 0 spiro atoms. The third kappa shape index (κ3) is 4.41. The fourth-order valence-corrected chi connectivity index (χ4v) is 6.77. The van der Waals surface area contributed by atoms with Crippen molar-refractivity contribution >= 4 is 49.1 Å². The maximum absolute atomic E-state index is 17.0. The zero-order valence-electron chi connectivity index (χ0n) is 23.5. The third-order valence-electron chi connectivity index (χ3n) is 7.99. The van der Waals surface area contributed by atoms with Crippen LogP contribution < -0.4 is 16.0 Å². The number of hydrogen-bond donors (Lipinski definition) is 2. The number of pyridine rings is 1. The second-order valence-electron chi connectivity index (χ2n) is 10.8. The number of nitrogens with two attached hydrogens (primary N) is 1. The molecular formula is C28H26F2N10O2S. The van der Waals surface area contributed by atoms with E-state index in [9.17, 15) is 9.65 Å². The van der Waals surface area contributed by atoms with Crippen LogP contribution in [0.1, 0.15) is 34.8 Å². The standard InChI is InChI=1S/C28H26F2N10O2S/c1-12-35-18(38-42-12)8-34-27-21-16-11-41-10-15(16)19(23-20-14(6-31)26(32)43-25(20)17(29)7-33-23)22(30)24(21)36-28(37-27)40-5-4-13(9-40)39(2)3/h7,13H,4-5,8-11,32H2,1-3H3,(H,34,36,37)/t13-/m0/s1. The van der Waals surface area contributed by atoms with Crippen LogP contribution in [0.25, 0.3) is 32.2 Å². The molecule has 2 aliphatic rings. The molecule has 1 atom stereocenters. The Bertz CT molecular complexity index is 1970. The van der Waals surface area contributed by atoms with E-state index < -0.39 is 11.6 Å².